The molecule has 25 heavy (non-hydrogen) atoms. The van der Waals surface area contributed by atoms with E-state index in [-0.39, 0.29) is 23.8 Å². The van der Waals surface area contributed by atoms with Gasteiger partial charge in [-0.25, -0.2) is 13.1 Å². The van der Waals surface area contributed by atoms with Gasteiger partial charge in [-0.3, -0.25) is 4.79 Å². The van der Waals surface area contributed by atoms with Gasteiger partial charge in [0.05, 0.1) is 4.90 Å². The Bertz CT molecular complexity index is 858. The van der Waals surface area contributed by atoms with E-state index in [9.17, 15) is 13.2 Å². The van der Waals surface area contributed by atoms with Crippen LogP contribution >= 0.6 is 27.5 Å². The number of carbonyl (C=O) groups is 1. The lowest BCUT2D eigenvalue weighted by molar-refractivity contribution is -0.130. The summed E-state index contributed by atoms with van der Waals surface area (Å²) in [6, 6.07) is 13.6. The van der Waals surface area contributed by atoms with Crippen molar-refractivity contribution in [2.24, 2.45) is 0 Å². The molecule has 134 valence electrons. The molecule has 0 radical (unpaired) electrons. The molecule has 0 aromatic heterocycles. The van der Waals surface area contributed by atoms with Gasteiger partial charge in [-0.1, -0.05) is 51.8 Å². The second-order valence-corrected chi connectivity index (χ2v) is 8.50. The summed E-state index contributed by atoms with van der Waals surface area (Å²) in [5.74, 6) is -0.149. The number of hydrogen-bond donors (Lipinski definition) is 1. The summed E-state index contributed by atoms with van der Waals surface area (Å²) in [4.78, 5) is 13.8. The molecule has 8 heteroatoms. The number of nitrogens with zero attached hydrogens (tertiary/aromatic N) is 1. The first-order chi connectivity index (χ1) is 11.8. The summed E-state index contributed by atoms with van der Waals surface area (Å²) in [6.07, 6.45) is 0.0702. The molecule has 0 aliphatic heterocycles. The largest absolute Gasteiger partial charge is 0.341 e. The van der Waals surface area contributed by atoms with Gasteiger partial charge in [0.25, 0.3) is 0 Å². The van der Waals surface area contributed by atoms with Gasteiger partial charge >= 0.3 is 0 Å². The molecule has 2 rings (SSSR count). The van der Waals surface area contributed by atoms with Crippen LogP contribution in [0.3, 0.4) is 0 Å². The van der Waals surface area contributed by atoms with E-state index in [1.807, 2.05) is 24.3 Å². The predicted molar refractivity (Wildman–Crippen MR) is 102 cm³/mol. The summed E-state index contributed by atoms with van der Waals surface area (Å²) < 4.78 is 27.7. The van der Waals surface area contributed by atoms with Crippen molar-refractivity contribution in [3.05, 3.63) is 63.6 Å². The fraction of sp³-hybridized carbons (Fsp3) is 0.235. The lowest BCUT2D eigenvalue weighted by Crippen LogP contribution is -2.32. The maximum atomic E-state index is 12.2. The molecule has 0 aliphatic carbocycles. The van der Waals surface area contributed by atoms with Gasteiger partial charge in [-0.15, -0.1) is 0 Å². The van der Waals surface area contributed by atoms with Gasteiger partial charge in [0.15, 0.2) is 0 Å². The van der Waals surface area contributed by atoms with Crippen molar-refractivity contribution in [1.82, 2.24) is 9.62 Å². The number of hydrogen-bond acceptors (Lipinski definition) is 3. The molecule has 2 aromatic carbocycles. The Morgan fingerprint density at radius 3 is 2.60 bits per heavy atom. The summed E-state index contributed by atoms with van der Waals surface area (Å²) >= 11 is 9.25. The van der Waals surface area contributed by atoms with Crippen LogP contribution in [-0.4, -0.2) is 32.8 Å². The highest BCUT2D eigenvalue weighted by molar-refractivity contribution is 9.10. The van der Waals surface area contributed by atoms with Crippen molar-refractivity contribution < 1.29 is 13.2 Å². The number of nitrogens with one attached hydrogen (secondary N) is 1. The molecule has 1 amide bonds. The maximum Gasteiger partial charge on any atom is 0.240 e. The van der Waals surface area contributed by atoms with E-state index >= 15 is 0 Å². The predicted octanol–water partition coefficient (Wildman–Crippen LogP) is 3.43. The molecule has 2 aromatic rings. The average molecular weight is 446 g/mol. The van der Waals surface area contributed by atoms with Gasteiger partial charge in [-0.2, -0.15) is 0 Å². The average Bonchev–Trinajstić information content (AvgIpc) is 2.56. The monoisotopic (exact) mass is 444 g/mol. The zero-order valence-electron chi connectivity index (χ0n) is 13.6. The third-order valence-corrected chi connectivity index (χ3v) is 6.00. The summed E-state index contributed by atoms with van der Waals surface area (Å²) in [5, 5.41) is 0.340. The van der Waals surface area contributed by atoms with Crippen LogP contribution in [-0.2, 0) is 21.4 Å². The summed E-state index contributed by atoms with van der Waals surface area (Å²) in [5.41, 5.74) is 0.984. The Kier molecular flexibility index (Phi) is 7.01. The SMILES string of the molecule is CN(Cc1ccccc1Br)C(=O)CCNS(=O)(=O)c1cccc(Cl)c1. The fourth-order valence-electron chi connectivity index (χ4n) is 2.17. The van der Waals surface area contributed by atoms with Crippen molar-refractivity contribution in [2.45, 2.75) is 17.9 Å². The molecule has 0 saturated heterocycles. The zero-order valence-corrected chi connectivity index (χ0v) is 16.7. The molecule has 0 spiro atoms. The second kappa shape index (κ2) is 8.80. The molecule has 0 heterocycles. The highest BCUT2D eigenvalue weighted by Gasteiger charge is 2.16. The van der Waals surface area contributed by atoms with E-state index in [1.165, 1.54) is 12.1 Å². The topological polar surface area (TPSA) is 66.5 Å². The minimum atomic E-state index is -3.68. The minimum absolute atomic E-state index is 0.0218. The van der Waals surface area contributed by atoms with Crippen LogP contribution in [0.4, 0.5) is 0 Å². The Balaban J connectivity index is 1.88. The van der Waals surface area contributed by atoms with Crippen LogP contribution in [0.2, 0.25) is 5.02 Å². The fourth-order valence-corrected chi connectivity index (χ4v) is 3.91. The van der Waals surface area contributed by atoms with Crippen LogP contribution in [0.25, 0.3) is 0 Å². The van der Waals surface area contributed by atoms with E-state index in [0.717, 1.165) is 10.0 Å². The van der Waals surface area contributed by atoms with Gasteiger partial charge in [0.1, 0.15) is 0 Å². The lowest BCUT2D eigenvalue weighted by atomic mass is 10.2. The van der Waals surface area contributed by atoms with E-state index in [2.05, 4.69) is 20.7 Å². The number of carbonyl (C=O) groups excluding carboxylic acids is 1. The Labute approximate surface area is 161 Å². The van der Waals surface area contributed by atoms with E-state index in [0.29, 0.717) is 11.6 Å². The highest BCUT2D eigenvalue weighted by Crippen LogP contribution is 2.18. The third kappa shape index (κ3) is 5.81. The van der Waals surface area contributed by atoms with E-state index < -0.39 is 10.0 Å². The molecular weight excluding hydrogens is 428 g/mol. The Morgan fingerprint density at radius 2 is 1.92 bits per heavy atom. The third-order valence-electron chi connectivity index (χ3n) is 3.53. The van der Waals surface area contributed by atoms with E-state index in [1.54, 1.807) is 24.1 Å². The summed E-state index contributed by atoms with van der Waals surface area (Å²) in [7, 11) is -1.99. The van der Waals surface area contributed by atoms with Crippen molar-refractivity contribution in [3.63, 3.8) is 0 Å². The van der Waals surface area contributed by atoms with Crippen LogP contribution in [0, 0.1) is 0 Å². The standard InChI is InChI=1S/C17H18BrClN2O3S/c1-21(12-13-5-2-3-8-16(13)18)17(22)9-10-20-25(23,24)15-7-4-6-14(19)11-15/h2-8,11,20H,9-10,12H2,1H3. The zero-order chi connectivity index (χ0) is 18.4. The molecule has 0 aliphatic rings. The van der Waals surface area contributed by atoms with Gasteiger partial charge < -0.3 is 4.90 Å². The number of amides is 1. The smallest absolute Gasteiger partial charge is 0.240 e. The normalized spacial score (nSPS) is 11.3. The minimum Gasteiger partial charge on any atom is -0.341 e. The van der Waals surface area contributed by atoms with Gasteiger partial charge in [0.2, 0.25) is 15.9 Å². The van der Waals surface area contributed by atoms with Gasteiger partial charge in [-0.05, 0) is 29.8 Å². The molecule has 0 unspecified atom stereocenters. The first-order valence-corrected chi connectivity index (χ1v) is 10.2. The lowest BCUT2D eigenvalue weighted by Gasteiger charge is -2.18. The van der Waals surface area contributed by atoms with Crippen molar-refractivity contribution in [1.29, 1.82) is 0 Å². The van der Waals surface area contributed by atoms with Crippen LogP contribution in [0.5, 0.6) is 0 Å². The van der Waals surface area contributed by atoms with Gasteiger partial charge in [0, 0.05) is 36.1 Å². The maximum absolute atomic E-state index is 12.2. The number of benzene rings is 2. The molecule has 0 atom stereocenters. The Morgan fingerprint density at radius 1 is 1.20 bits per heavy atom. The number of rotatable bonds is 7. The number of halogens is 2. The second-order valence-electron chi connectivity index (χ2n) is 5.45. The van der Waals surface area contributed by atoms with E-state index in [4.69, 9.17) is 11.6 Å². The molecular formula is C17H18BrClN2O3S. The van der Waals surface area contributed by atoms with Crippen molar-refractivity contribution in [3.8, 4) is 0 Å². The molecule has 0 bridgehead atoms. The highest BCUT2D eigenvalue weighted by atomic mass is 79.9. The first kappa shape index (κ1) is 19.9. The number of sulfonamides is 1. The van der Waals surface area contributed by atoms with Crippen molar-refractivity contribution >= 4 is 43.5 Å². The molecule has 5 nitrogen and oxygen atoms in total. The van der Waals surface area contributed by atoms with Crippen LogP contribution in [0.1, 0.15) is 12.0 Å². The quantitative estimate of drug-likeness (QED) is 0.710. The summed E-state index contributed by atoms with van der Waals surface area (Å²) in [6.45, 7) is 0.468. The molecule has 0 saturated carbocycles. The van der Waals surface area contributed by atoms with Crippen molar-refractivity contribution in [2.75, 3.05) is 13.6 Å². The molecule has 1 N–H and O–H groups in total. The van der Waals surface area contributed by atoms with Crippen LogP contribution < -0.4 is 4.72 Å². The van der Waals surface area contributed by atoms with Crippen LogP contribution in [0.15, 0.2) is 57.9 Å². The first-order valence-electron chi connectivity index (χ1n) is 7.52. The molecule has 0 fully saturated rings. The Hall–Kier alpha value is -1.41.